The maximum atomic E-state index is 3.48. The molecule has 0 spiro atoms. The molecule has 0 aliphatic heterocycles. The van der Waals surface area contributed by atoms with Gasteiger partial charge in [-0.1, -0.05) is 43.1 Å². The van der Waals surface area contributed by atoms with Gasteiger partial charge in [-0.2, -0.15) is 0 Å². The van der Waals surface area contributed by atoms with Crippen molar-refractivity contribution in [3.8, 4) is 5.69 Å². The summed E-state index contributed by atoms with van der Waals surface area (Å²) in [5, 5.41) is 0. The van der Waals surface area contributed by atoms with E-state index >= 15 is 0 Å². The van der Waals surface area contributed by atoms with Gasteiger partial charge in [0.15, 0.2) is 0 Å². The minimum atomic E-state index is 0.111. The zero-order chi connectivity index (χ0) is 15.7. The molecule has 0 N–H and O–H groups in total. The molecule has 1 aromatic heterocycles. The Balaban J connectivity index is 2.24. The van der Waals surface area contributed by atoms with Gasteiger partial charge in [-0.05, 0) is 49.9 Å². The third-order valence-electron chi connectivity index (χ3n) is 4.33. The van der Waals surface area contributed by atoms with Crippen LogP contribution in [-0.2, 0) is 5.54 Å². The maximum absolute atomic E-state index is 3.48. The summed E-state index contributed by atoms with van der Waals surface area (Å²) in [6, 6.07) is 8.39. The second kappa shape index (κ2) is 5.96. The molecular formula is C18H26BrN2+. The van der Waals surface area contributed by atoms with Crippen molar-refractivity contribution < 1.29 is 4.57 Å². The van der Waals surface area contributed by atoms with Crippen LogP contribution in [0.2, 0.25) is 0 Å². The van der Waals surface area contributed by atoms with Gasteiger partial charge in [0.2, 0.25) is 6.33 Å². The maximum Gasteiger partial charge on any atom is 0.249 e. The number of rotatable bonds is 5. The zero-order valence-corrected chi connectivity index (χ0v) is 15.3. The van der Waals surface area contributed by atoms with Gasteiger partial charge in [0.1, 0.15) is 23.6 Å². The van der Waals surface area contributed by atoms with E-state index in [4.69, 9.17) is 0 Å². The summed E-state index contributed by atoms with van der Waals surface area (Å²) in [7, 11) is 0. The van der Waals surface area contributed by atoms with E-state index in [9.17, 15) is 0 Å². The van der Waals surface area contributed by atoms with Crippen LogP contribution in [0.1, 0.15) is 47.5 Å². The molecule has 2 nitrogen and oxygen atoms in total. The quantitative estimate of drug-likeness (QED) is 0.664. The molecule has 0 aliphatic rings. The van der Waals surface area contributed by atoms with Crippen LogP contribution in [0.5, 0.6) is 0 Å². The molecule has 0 saturated carbocycles. The van der Waals surface area contributed by atoms with Crippen molar-refractivity contribution in [1.82, 2.24) is 4.57 Å². The standard InChI is InChI=1S/C18H26BrN2/c1-6-17(2,3)13-18(4,5)21-12-11-20(14-21)16-9-7-15(19)8-10-16/h7-12,14H,6,13H2,1-5H3/q+1. The highest BCUT2D eigenvalue weighted by Crippen LogP contribution is 2.32. The second-order valence-electron chi connectivity index (χ2n) is 7.21. The van der Waals surface area contributed by atoms with Gasteiger partial charge in [0.25, 0.3) is 0 Å². The smallest absolute Gasteiger partial charge is 0.232 e. The Morgan fingerprint density at radius 3 is 2.29 bits per heavy atom. The summed E-state index contributed by atoms with van der Waals surface area (Å²) in [4.78, 5) is 0. The monoisotopic (exact) mass is 349 g/mol. The van der Waals surface area contributed by atoms with E-state index in [1.54, 1.807) is 0 Å². The third-order valence-corrected chi connectivity index (χ3v) is 4.86. The number of halogens is 1. The lowest BCUT2D eigenvalue weighted by Crippen LogP contribution is -2.52. The Morgan fingerprint density at radius 2 is 1.71 bits per heavy atom. The number of hydrogen-bond donors (Lipinski definition) is 0. The van der Waals surface area contributed by atoms with E-state index in [0.29, 0.717) is 5.41 Å². The topological polar surface area (TPSA) is 8.81 Å². The van der Waals surface area contributed by atoms with E-state index in [0.717, 1.165) is 10.9 Å². The van der Waals surface area contributed by atoms with E-state index in [-0.39, 0.29) is 5.54 Å². The van der Waals surface area contributed by atoms with E-state index in [1.165, 1.54) is 12.1 Å². The zero-order valence-electron chi connectivity index (χ0n) is 13.7. The van der Waals surface area contributed by atoms with Gasteiger partial charge in [0.05, 0.1) is 0 Å². The van der Waals surface area contributed by atoms with Crippen molar-refractivity contribution in [2.24, 2.45) is 5.41 Å². The van der Waals surface area contributed by atoms with Crippen molar-refractivity contribution in [2.45, 2.75) is 53.0 Å². The number of benzene rings is 1. The first-order chi connectivity index (χ1) is 9.73. The van der Waals surface area contributed by atoms with Gasteiger partial charge in [-0.25, -0.2) is 9.13 Å². The Bertz CT molecular complexity index is 594. The molecule has 0 fully saturated rings. The molecule has 0 atom stereocenters. The SMILES string of the molecule is CCC(C)(C)CC(C)(C)[n+]1ccn(-c2ccc(Br)cc2)c1. The normalized spacial score (nSPS) is 12.7. The van der Waals surface area contributed by atoms with Crippen molar-refractivity contribution >= 4 is 15.9 Å². The highest BCUT2D eigenvalue weighted by molar-refractivity contribution is 9.10. The molecule has 1 heterocycles. The Kier molecular flexibility index (Phi) is 4.62. The summed E-state index contributed by atoms with van der Waals surface area (Å²) in [5.41, 5.74) is 1.65. The summed E-state index contributed by atoms with van der Waals surface area (Å²) in [6.07, 6.45) is 8.85. The fourth-order valence-electron chi connectivity index (χ4n) is 2.87. The Hall–Kier alpha value is -1.09. The molecule has 0 radical (unpaired) electrons. The molecular weight excluding hydrogens is 324 g/mol. The molecule has 21 heavy (non-hydrogen) atoms. The largest absolute Gasteiger partial charge is 0.249 e. The molecule has 114 valence electrons. The van der Waals surface area contributed by atoms with Crippen LogP contribution in [0.3, 0.4) is 0 Å². The number of hydrogen-bond acceptors (Lipinski definition) is 0. The predicted molar refractivity (Wildman–Crippen MR) is 91.7 cm³/mol. The van der Waals surface area contributed by atoms with Crippen LogP contribution >= 0.6 is 15.9 Å². The first-order valence-electron chi connectivity index (χ1n) is 7.59. The van der Waals surface area contributed by atoms with Crippen molar-refractivity contribution in [3.05, 3.63) is 47.5 Å². The molecule has 0 saturated heterocycles. The average Bonchev–Trinajstić information content (AvgIpc) is 2.89. The van der Waals surface area contributed by atoms with E-state index < -0.39 is 0 Å². The number of imidazole rings is 1. The minimum Gasteiger partial charge on any atom is -0.232 e. The first-order valence-corrected chi connectivity index (χ1v) is 8.38. The lowest BCUT2D eigenvalue weighted by molar-refractivity contribution is -0.759. The molecule has 0 aliphatic carbocycles. The molecule has 0 unspecified atom stereocenters. The Labute approximate surface area is 136 Å². The molecule has 0 bridgehead atoms. The minimum absolute atomic E-state index is 0.111. The molecule has 2 rings (SSSR count). The van der Waals surface area contributed by atoms with Gasteiger partial charge in [-0.15, -0.1) is 0 Å². The molecule has 0 amide bonds. The second-order valence-corrected chi connectivity index (χ2v) is 8.13. The first kappa shape index (κ1) is 16.3. The van der Waals surface area contributed by atoms with Gasteiger partial charge in [0, 0.05) is 4.47 Å². The van der Waals surface area contributed by atoms with Crippen molar-refractivity contribution in [2.75, 3.05) is 0 Å². The molecule has 2 aromatic rings. The van der Waals surface area contributed by atoms with Crippen LogP contribution in [0.25, 0.3) is 5.69 Å². The summed E-state index contributed by atoms with van der Waals surface area (Å²) >= 11 is 3.48. The van der Waals surface area contributed by atoms with Crippen LogP contribution in [0.4, 0.5) is 0 Å². The average molecular weight is 350 g/mol. The summed E-state index contributed by atoms with van der Waals surface area (Å²) in [6.45, 7) is 11.6. The number of aromatic nitrogens is 2. The lowest BCUT2D eigenvalue weighted by atomic mass is 9.78. The van der Waals surface area contributed by atoms with Crippen molar-refractivity contribution in [1.29, 1.82) is 0 Å². The fraction of sp³-hybridized carbons (Fsp3) is 0.500. The summed E-state index contributed by atoms with van der Waals surface area (Å²) < 4.78 is 5.61. The van der Waals surface area contributed by atoms with Crippen LogP contribution < -0.4 is 4.57 Å². The molecule has 3 heteroatoms. The van der Waals surface area contributed by atoms with Gasteiger partial charge >= 0.3 is 0 Å². The highest BCUT2D eigenvalue weighted by Gasteiger charge is 2.32. The third kappa shape index (κ3) is 3.97. The highest BCUT2D eigenvalue weighted by atomic mass is 79.9. The van der Waals surface area contributed by atoms with Gasteiger partial charge in [-0.3, -0.25) is 0 Å². The van der Waals surface area contributed by atoms with E-state index in [1.807, 2.05) is 0 Å². The lowest BCUT2D eigenvalue weighted by Gasteiger charge is -2.31. The fourth-order valence-corrected chi connectivity index (χ4v) is 3.13. The Morgan fingerprint density at radius 1 is 1.10 bits per heavy atom. The predicted octanol–water partition coefficient (Wildman–Crippen LogP) is 5.09. The van der Waals surface area contributed by atoms with E-state index in [2.05, 4.69) is 103 Å². The van der Waals surface area contributed by atoms with Crippen LogP contribution in [0, 0.1) is 5.41 Å². The van der Waals surface area contributed by atoms with Crippen LogP contribution in [0.15, 0.2) is 47.5 Å². The molecule has 1 aromatic carbocycles. The van der Waals surface area contributed by atoms with Crippen LogP contribution in [-0.4, -0.2) is 4.57 Å². The summed E-state index contributed by atoms with van der Waals surface area (Å²) in [5.74, 6) is 0. The van der Waals surface area contributed by atoms with Gasteiger partial charge < -0.3 is 0 Å². The van der Waals surface area contributed by atoms with Crippen molar-refractivity contribution in [3.63, 3.8) is 0 Å². The number of nitrogens with zero attached hydrogens (tertiary/aromatic N) is 2.